The van der Waals surface area contributed by atoms with Gasteiger partial charge in [0.15, 0.2) is 5.76 Å². The van der Waals surface area contributed by atoms with Gasteiger partial charge in [0.05, 0.1) is 5.54 Å². The van der Waals surface area contributed by atoms with Crippen molar-refractivity contribution in [2.45, 2.75) is 24.8 Å². The largest absolute Gasteiger partial charge is 0.451 e. The lowest BCUT2D eigenvalue weighted by Gasteiger charge is -2.41. The molecule has 4 heteroatoms. The van der Waals surface area contributed by atoms with Crippen molar-refractivity contribution in [1.29, 1.82) is 0 Å². The molecule has 0 spiro atoms. The molecule has 1 saturated carbocycles. The average molecular weight is 244 g/mol. The number of amides is 1. The van der Waals surface area contributed by atoms with Crippen molar-refractivity contribution in [3.63, 3.8) is 0 Å². The summed E-state index contributed by atoms with van der Waals surface area (Å²) in [4.78, 5) is 12.1. The average Bonchev–Trinajstić information content (AvgIpc) is 2.77. The summed E-state index contributed by atoms with van der Waals surface area (Å²) in [5.41, 5.74) is 6.25. The van der Waals surface area contributed by atoms with Gasteiger partial charge >= 0.3 is 0 Å². The van der Waals surface area contributed by atoms with Crippen LogP contribution in [0.1, 0.15) is 29.8 Å². The lowest BCUT2D eigenvalue weighted by Crippen LogP contribution is -2.58. The first kappa shape index (κ1) is 11.3. The highest BCUT2D eigenvalue weighted by Crippen LogP contribution is 2.31. The van der Waals surface area contributed by atoms with E-state index in [-0.39, 0.29) is 11.4 Å². The van der Waals surface area contributed by atoms with Crippen LogP contribution in [0.15, 0.2) is 34.7 Å². The van der Waals surface area contributed by atoms with Gasteiger partial charge in [0.25, 0.3) is 5.91 Å². The fourth-order valence-corrected chi connectivity index (χ4v) is 2.38. The monoisotopic (exact) mass is 244 g/mol. The van der Waals surface area contributed by atoms with E-state index in [0.29, 0.717) is 12.3 Å². The standard InChI is InChI=1S/C14H16N2O2/c15-9-14(6-3-7-14)16-13(17)12-8-10-4-1-2-5-11(10)18-12/h1-2,4-5,8H,3,6-7,9,15H2,(H,16,17). The molecule has 94 valence electrons. The van der Waals surface area contributed by atoms with Gasteiger partial charge in [0, 0.05) is 11.9 Å². The van der Waals surface area contributed by atoms with Crippen LogP contribution in [0.3, 0.4) is 0 Å². The van der Waals surface area contributed by atoms with E-state index < -0.39 is 0 Å². The van der Waals surface area contributed by atoms with Crippen molar-refractivity contribution in [3.8, 4) is 0 Å². The normalized spacial score (nSPS) is 17.4. The van der Waals surface area contributed by atoms with E-state index in [1.54, 1.807) is 6.07 Å². The molecule has 2 aromatic rings. The molecule has 0 bridgehead atoms. The molecule has 1 fully saturated rings. The lowest BCUT2D eigenvalue weighted by molar-refractivity contribution is 0.0811. The summed E-state index contributed by atoms with van der Waals surface area (Å²) in [6, 6.07) is 9.37. The zero-order valence-electron chi connectivity index (χ0n) is 10.1. The van der Waals surface area contributed by atoms with Crippen LogP contribution in [0.4, 0.5) is 0 Å². The van der Waals surface area contributed by atoms with E-state index in [4.69, 9.17) is 10.2 Å². The van der Waals surface area contributed by atoms with Crippen LogP contribution in [0.5, 0.6) is 0 Å². The Labute approximate surface area is 105 Å². The highest BCUT2D eigenvalue weighted by atomic mass is 16.3. The Bertz CT molecular complexity index is 546. The van der Waals surface area contributed by atoms with Crippen LogP contribution < -0.4 is 11.1 Å². The number of nitrogens with one attached hydrogen (secondary N) is 1. The molecule has 1 aromatic carbocycles. The molecule has 18 heavy (non-hydrogen) atoms. The van der Waals surface area contributed by atoms with Crippen molar-refractivity contribution in [3.05, 3.63) is 36.1 Å². The van der Waals surface area contributed by atoms with Crippen LogP contribution >= 0.6 is 0 Å². The predicted molar refractivity (Wildman–Crippen MR) is 69.3 cm³/mol. The number of benzene rings is 1. The fraction of sp³-hybridized carbons (Fsp3) is 0.357. The summed E-state index contributed by atoms with van der Waals surface area (Å²) < 4.78 is 5.54. The minimum atomic E-state index is -0.212. The van der Waals surface area contributed by atoms with E-state index in [1.807, 2.05) is 24.3 Å². The molecular formula is C14H16N2O2. The van der Waals surface area contributed by atoms with E-state index in [9.17, 15) is 4.79 Å². The smallest absolute Gasteiger partial charge is 0.287 e. The molecule has 0 unspecified atom stereocenters. The minimum Gasteiger partial charge on any atom is -0.451 e. The van der Waals surface area contributed by atoms with Crippen molar-refractivity contribution < 1.29 is 9.21 Å². The molecule has 3 rings (SSSR count). The van der Waals surface area contributed by atoms with E-state index in [1.165, 1.54) is 0 Å². The SMILES string of the molecule is NCC1(NC(=O)c2cc3ccccc3o2)CCC1. The molecule has 4 nitrogen and oxygen atoms in total. The Morgan fingerprint density at radius 1 is 1.39 bits per heavy atom. The second-order valence-electron chi connectivity index (χ2n) is 4.94. The van der Waals surface area contributed by atoms with Crippen LogP contribution in [0.2, 0.25) is 0 Å². The van der Waals surface area contributed by atoms with Crippen molar-refractivity contribution in [1.82, 2.24) is 5.32 Å². The van der Waals surface area contributed by atoms with Crippen molar-refractivity contribution in [2.75, 3.05) is 6.54 Å². The van der Waals surface area contributed by atoms with Gasteiger partial charge in [0.1, 0.15) is 5.58 Å². The highest BCUT2D eigenvalue weighted by molar-refractivity contribution is 5.96. The Morgan fingerprint density at radius 2 is 2.17 bits per heavy atom. The maximum atomic E-state index is 12.1. The summed E-state index contributed by atoms with van der Waals surface area (Å²) in [6.45, 7) is 0.485. The number of hydrogen-bond donors (Lipinski definition) is 2. The van der Waals surface area contributed by atoms with Gasteiger partial charge in [-0.15, -0.1) is 0 Å². The van der Waals surface area contributed by atoms with E-state index in [0.717, 1.165) is 30.2 Å². The molecule has 1 aromatic heterocycles. The van der Waals surface area contributed by atoms with Gasteiger partial charge in [0.2, 0.25) is 0 Å². The van der Waals surface area contributed by atoms with Gasteiger partial charge in [-0.2, -0.15) is 0 Å². The van der Waals surface area contributed by atoms with Crippen molar-refractivity contribution >= 4 is 16.9 Å². The molecule has 0 aliphatic heterocycles. The Kier molecular flexibility index (Phi) is 2.59. The zero-order chi connectivity index (χ0) is 12.6. The molecule has 0 saturated heterocycles. The summed E-state index contributed by atoms with van der Waals surface area (Å²) >= 11 is 0. The Morgan fingerprint density at radius 3 is 2.78 bits per heavy atom. The number of para-hydroxylation sites is 1. The van der Waals surface area contributed by atoms with Gasteiger partial charge < -0.3 is 15.5 Å². The Balaban J connectivity index is 1.83. The minimum absolute atomic E-state index is 0.170. The quantitative estimate of drug-likeness (QED) is 0.868. The van der Waals surface area contributed by atoms with Crippen LogP contribution in [0, 0.1) is 0 Å². The summed E-state index contributed by atoms with van der Waals surface area (Å²) in [6.07, 6.45) is 3.03. The molecule has 0 atom stereocenters. The molecule has 0 radical (unpaired) electrons. The molecule has 3 N–H and O–H groups in total. The number of rotatable bonds is 3. The van der Waals surface area contributed by atoms with Gasteiger partial charge in [-0.05, 0) is 31.4 Å². The number of nitrogens with two attached hydrogens (primary N) is 1. The second kappa shape index (κ2) is 4.14. The third-order valence-corrected chi connectivity index (χ3v) is 3.73. The summed E-state index contributed by atoms with van der Waals surface area (Å²) in [5, 5.41) is 3.94. The number of hydrogen-bond acceptors (Lipinski definition) is 3. The molecule has 1 aliphatic carbocycles. The fourth-order valence-electron chi connectivity index (χ4n) is 2.38. The highest BCUT2D eigenvalue weighted by Gasteiger charge is 2.37. The molecule has 1 amide bonds. The Hall–Kier alpha value is -1.81. The van der Waals surface area contributed by atoms with Crippen LogP contribution in [0.25, 0.3) is 11.0 Å². The topological polar surface area (TPSA) is 68.3 Å². The maximum Gasteiger partial charge on any atom is 0.287 e. The first-order valence-electron chi connectivity index (χ1n) is 6.24. The van der Waals surface area contributed by atoms with Gasteiger partial charge in [-0.3, -0.25) is 4.79 Å². The number of fused-ring (bicyclic) bond motifs is 1. The number of carbonyl (C=O) groups excluding carboxylic acids is 1. The predicted octanol–water partition coefficient (Wildman–Crippen LogP) is 2.04. The number of carbonyl (C=O) groups is 1. The first-order valence-corrected chi connectivity index (χ1v) is 6.24. The molecule has 1 aliphatic rings. The maximum absolute atomic E-state index is 12.1. The second-order valence-corrected chi connectivity index (χ2v) is 4.94. The number of furan rings is 1. The summed E-state index contributed by atoms with van der Waals surface area (Å²) in [7, 11) is 0. The summed E-state index contributed by atoms with van der Waals surface area (Å²) in [5.74, 6) is 0.187. The van der Waals surface area contributed by atoms with Gasteiger partial charge in [-0.25, -0.2) is 0 Å². The van der Waals surface area contributed by atoms with E-state index in [2.05, 4.69) is 5.32 Å². The molecular weight excluding hydrogens is 228 g/mol. The van der Waals surface area contributed by atoms with Crippen LogP contribution in [-0.4, -0.2) is 18.0 Å². The molecule has 1 heterocycles. The van der Waals surface area contributed by atoms with Crippen molar-refractivity contribution in [2.24, 2.45) is 5.73 Å². The third kappa shape index (κ3) is 1.78. The van der Waals surface area contributed by atoms with Crippen LogP contribution in [-0.2, 0) is 0 Å². The third-order valence-electron chi connectivity index (χ3n) is 3.73. The first-order chi connectivity index (χ1) is 8.72. The van der Waals surface area contributed by atoms with Gasteiger partial charge in [-0.1, -0.05) is 18.2 Å². The lowest BCUT2D eigenvalue weighted by atomic mass is 9.77. The zero-order valence-corrected chi connectivity index (χ0v) is 10.1. The van der Waals surface area contributed by atoms with E-state index >= 15 is 0 Å².